The van der Waals surface area contributed by atoms with Crippen LogP contribution in [0.2, 0.25) is 0 Å². The number of nitrogens with zero attached hydrogens (tertiary/aromatic N) is 4. The Balaban J connectivity index is 1.61. The minimum atomic E-state index is 0.206. The molecule has 1 aromatic heterocycles. The van der Waals surface area contributed by atoms with Gasteiger partial charge >= 0.3 is 0 Å². The molecule has 0 bridgehead atoms. The third-order valence-corrected chi connectivity index (χ3v) is 4.24. The predicted octanol–water partition coefficient (Wildman–Crippen LogP) is 2.98. The van der Waals surface area contributed by atoms with Crippen LogP contribution in [0, 0.1) is 5.92 Å². The van der Waals surface area contributed by atoms with Gasteiger partial charge in [0, 0.05) is 25.2 Å². The molecule has 124 valence electrons. The van der Waals surface area contributed by atoms with Gasteiger partial charge in [-0.2, -0.15) is 5.10 Å². The summed E-state index contributed by atoms with van der Waals surface area (Å²) in [5, 5.41) is 4.23. The van der Waals surface area contributed by atoms with Gasteiger partial charge in [0.05, 0.1) is 6.10 Å². The lowest BCUT2D eigenvalue weighted by molar-refractivity contribution is 0.150. The Bertz CT molecular complexity index is 597. The minimum absolute atomic E-state index is 0.206. The zero-order chi connectivity index (χ0) is 16.1. The van der Waals surface area contributed by atoms with E-state index in [9.17, 15) is 0 Å². The van der Waals surface area contributed by atoms with E-state index in [1.165, 1.54) is 18.4 Å². The molecule has 1 saturated heterocycles. The molecule has 2 aromatic rings. The molecule has 1 aliphatic rings. The largest absolute Gasteiger partial charge is 0.491 e. The molecule has 0 spiro atoms. The highest BCUT2D eigenvalue weighted by atomic mass is 16.5. The Labute approximate surface area is 138 Å². The predicted molar refractivity (Wildman–Crippen MR) is 90.2 cm³/mol. The molecule has 0 radical (unpaired) electrons. The summed E-state index contributed by atoms with van der Waals surface area (Å²) in [4.78, 5) is 6.57. The van der Waals surface area contributed by atoms with Crippen molar-refractivity contribution in [2.75, 3.05) is 13.1 Å². The van der Waals surface area contributed by atoms with E-state index in [0.717, 1.165) is 31.9 Å². The fourth-order valence-electron chi connectivity index (χ4n) is 3.28. The molecule has 5 heteroatoms. The zero-order valence-electron chi connectivity index (χ0n) is 14.1. The maximum atomic E-state index is 5.95. The maximum absolute atomic E-state index is 5.95. The van der Waals surface area contributed by atoms with E-state index in [2.05, 4.69) is 47.0 Å². The monoisotopic (exact) mass is 314 g/mol. The van der Waals surface area contributed by atoms with E-state index in [1.54, 1.807) is 6.33 Å². The van der Waals surface area contributed by atoms with Gasteiger partial charge in [-0.05, 0) is 45.2 Å². The van der Waals surface area contributed by atoms with Crippen molar-refractivity contribution in [2.45, 2.75) is 45.9 Å². The van der Waals surface area contributed by atoms with Gasteiger partial charge in [0.15, 0.2) is 0 Å². The summed E-state index contributed by atoms with van der Waals surface area (Å²) in [7, 11) is 0. The van der Waals surface area contributed by atoms with E-state index < -0.39 is 0 Å². The van der Waals surface area contributed by atoms with Crippen molar-refractivity contribution >= 4 is 0 Å². The quantitative estimate of drug-likeness (QED) is 0.822. The molecule has 1 fully saturated rings. The van der Waals surface area contributed by atoms with Crippen LogP contribution in [0.3, 0.4) is 0 Å². The Morgan fingerprint density at radius 1 is 1.30 bits per heavy atom. The number of likely N-dealkylation sites (tertiary alicyclic amines) is 1. The summed E-state index contributed by atoms with van der Waals surface area (Å²) in [6.07, 6.45) is 6.13. The van der Waals surface area contributed by atoms with Crippen LogP contribution in [0.25, 0.3) is 0 Å². The van der Waals surface area contributed by atoms with Crippen LogP contribution >= 0.6 is 0 Å². The SMILES string of the molecule is CC(C)Oc1ccccc1CN1CCC[C@@H](Cn2cncn2)C1. The third-order valence-electron chi connectivity index (χ3n) is 4.24. The van der Waals surface area contributed by atoms with Crippen LogP contribution < -0.4 is 4.74 Å². The molecule has 23 heavy (non-hydrogen) atoms. The van der Waals surface area contributed by atoms with Gasteiger partial charge in [-0.1, -0.05) is 18.2 Å². The second-order valence-electron chi connectivity index (χ2n) is 6.64. The molecule has 1 atom stereocenters. The van der Waals surface area contributed by atoms with Crippen molar-refractivity contribution in [3.63, 3.8) is 0 Å². The molecule has 0 N–H and O–H groups in total. The topological polar surface area (TPSA) is 43.2 Å². The third kappa shape index (κ3) is 4.55. The number of hydrogen-bond donors (Lipinski definition) is 0. The molecule has 0 saturated carbocycles. The van der Waals surface area contributed by atoms with E-state index in [1.807, 2.05) is 17.1 Å². The summed E-state index contributed by atoms with van der Waals surface area (Å²) < 4.78 is 7.90. The molecule has 2 heterocycles. The molecular weight excluding hydrogens is 288 g/mol. The van der Waals surface area contributed by atoms with Gasteiger partial charge in [-0.25, -0.2) is 4.98 Å². The molecular formula is C18H26N4O. The molecule has 1 aliphatic heterocycles. The Kier molecular flexibility index (Phi) is 5.28. The average Bonchev–Trinajstić information content (AvgIpc) is 3.02. The number of aromatic nitrogens is 3. The summed E-state index contributed by atoms with van der Waals surface area (Å²) in [6.45, 7) is 8.33. The van der Waals surface area contributed by atoms with Crippen LogP contribution in [-0.2, 0) is 13.1 Å². The maximum Gasteiger partial charge on any atom is 0.137 e. The van der Waals surface area contributed by atoms with Gasteiger partial charge in [0.2, 0.25) is 0 Å². The number of rotatable bonds is 6. The van der Waals surface area contributed by atoms with E-state index >= 15 is 0 Å². The van der Waals surface area contributed by atoms with Crippen molar-refractivity contribution < 1.29 is 4.74 Å². The molecule has 3 rings (SSSR count). The fraction of sp³-hybridized carbons (Fsp3) is 0.556. The molecule has 5 nitrogen and oxygen atoms in total. The molecule has 0 unspecified atom stereocenters. The fourth-order valence-corrected chi connectivity index (χ4v) is 3.28. The summed E-state index contributed by atoms with van der Waals surface area (Å²) >= 11 is 0. The number of para-hydroxylation sites is 1. The lowest BCUT2D eigenvalue weighted by Crippen LogP contribution is -2.36. The summed E-state index contributed by atoms with van der Waals surface area (Å²) in [5.41, 5.74) is 1.28. The van der Waals surface area contributed by atoms with Crippen molar-refractivity contribution in [1.82, 2.24) is 19.7 Å². The second kappa shape index (κ2) is 7.59. The first-order valence-electron chi connectivity index (χ1n) is 8.50. The van der Waals surface area contributed by atoms with Crippen molar-refractivity contribution in [3.05, 3.63) is 42.5 Å². The highest BCUT2D eigenvalue weighted by Gasteiger charge is 2.21. The molecule has 0 aliphatic carbocycles. The lowest BCUT2D eigenvalue weighted by Gasteiger charge is -2.33. The number of ether oxygens (including phenoxy) is 1. The Hall–Kier alpha value is -1.88. The zero-order valence-corrected chi connectivity index (χ0v) is 14.1. The lowest BCUT2D eigenvalue weighted by atomic mass is 9.97. The Morgan fingerprint density at radius 2 is 2.17 bits per heavy atom. The van der Waals surface area contributed by atoms with Crippen LogP contribution in [-0.4, -0.2) is 38.9 Å². The van der Waals surface area contributed by atoms with Crippen LogP contribution in [0.5, 0.6) is 5.75 Å². The first-order valence-corrected chi connectivity index (χ1v) is 8.50. The van der Waals surface area contributed by atoms with Crippen molar-refractivity contribution in [3.8, 4) is 5.75 Å². The van der Waals surface area contributed by atoms with Gasteiger partial charge in [-0.3, -0.25) is 9.58 Å². The molecule has 0 amide bonds. The number of piperidine rings is 1. The van der Waals surface area contributed by atoms with Crippen molar-refractivity contribution in [1.29, 1.82) is 0 Å². The van der Waals surface area contributed by atoms with Crippen LogP contribution in [0.1, 0.15) is 32.3 Å². The summed E-state index contributed by atoms with van der Waals surface area (Å²) in [5.74, 6) is 1.66. The first-order chi connectivity index (χ1) is 11.2. The smallest absolute Gasteiger partial charge is 0.137 e. The van der Waals surface area contributed by atoms with E-state index in [-0.39, 0.29) is 6.10 Å². The Morgan fingerprint density at radius 3 is 2.96 bits per heavy atom. The molecule has 1 aromatic carbocycles. The number of benzene rings is 1. The second-order valence-corrected chi connectivity index (χ2v) is 6.64. The highest BCUT2D eigenvalue weighted by Crippen LogP contribution is 2.24. The first kappa shape index (κ1) is 16.0. The van der Waals surface area contributed by atoms with Gasteiger partial charge < -0.3 is 4.74 Å². The normalized spacial score (nSPS) is 19.2. The summed E-state index contributed by atoms with van der Waals surface area (Å²) in [6, 6.07) is 8.40. The highest BCUT2D eigenvalue weighted by molar-refractivity contribution is 5.33. The minimum Gasteiger partial charge on any atom is -0.491 e. The van der Waals surface area contributed by atoms with Gasteiger partial charge in [0.1, 0.15) is 18.4 Å². The van der Waals surface area contributed by atoms with Gasteiger partial charge in [-0.15, -0.1) is 0 Å². The van der Waals surface area contributed by atoms with E-state index in [4.69, 9.17) is 4.74 Å². The van der Waals surface area contributed by atoms with Crippen LogP contribution in [0.4, 0.5) is 0 Å². The van der Waals surface area contributed by atoms with E-state index in [0.29, 0.717) is 5.92 Å². The van der Waals surface area contributed by atoms with Crippen LogP contribution in [0.15, 0.2) is 36.9 Å². The van der Waals surface area contributed by atoms with Gasteiger partial charge in [0.25, 0.3) is 0 Å². The number of hydrogen-bond acceptors (Lipinski definition) is 4. The average molecular weight is 314 g/mol. The van der Waals surface area contributed by atoms with Crippen molar-refractivity contribution in [2.24, 2.45) is 5.92 Å². The standard InChI is InChI=1S/C18H26N4O/c1-15(2)23-18-8-4-3-7-17(18)12-21-9-5-6-16(10-21)11-22-14-19-13-20-22/h3-4,7-8,13-16H,5-6,9-12H2,1-2H3/t16-/m1/s1.